The highest BCUT2D eigenvalue weighted by Crippen LogP contribution is 2.31. The Morgan fingerprint density at radius 1 is 1.00 bits per heavy atom. The minimum Gasteiger partial charge on any atom is -0.351 e. The van der Waals surface area contributed by atoms with Crippen LogP contribution in [0.15, 0.2) is 0 Å². The molecule has 0 aromatic heterocycles. The molecule has 4 aliphatic rings. The minimum absolute atomic E-state index is 0.122. The van der Waals surface area contributed by atoms with Crippen molar-refractivity contribution in [3.63, 3.8) is 0 Å². The van der Waals surface area contributed by atoms with Gasteiger partial charge in [0.05, 0.1) is 5.92 Å². The predicted molar refractivity (Wildman–Crippen MR) is 87.8 cm³/mol. The van der Waals surface area contributed by atoms with Crippen molar-refractivity contribution >= 4 is 11.8 Å². The van der Waals surface area contributed by atoms with Crippen LogP contribution in [0.2, 0.25) is 0 Å². The van der Waals surface area contributed by atoms with Crippen molar-refractivity contribution in [2.45, 2.75) is 75.9 Å². The maximum Gasteiger partial charge on any atom is 0.225 e. The van der Waals surface area contributed by atoms with Gasteiger partial charge in [0.1, 0.15) is 0 Å². The second-order valence-corrected chi connectivity index (χ2v) is 7.89. The molecule has 5 heteroatoms. The monoisotopic (exact) mass is 319 g/mol. The van der Waals surface area contributed by atoms with Crippen molar-refractivity contribution < 1.29 is 9.59 Å². The molecule has 5 nitrogen and oxygen atoms in total. The Bertz CT molecular complexity index is 475. The molecule has 1 saturated carbocycles. The first-order valence-electron chi connectivity index (χ1n) is 9.56. The highest BCUT2D eigenvalue weighted by Gasteiger charge is 2.41. The lowest BCUT2D eigenvalue weighted by atomic mass is 9.98. The molecule has 2 amide bonds. The number of hydrogen-bond acceptors (Lipinski definition) is 3. The molecule has 4 rings (SSSR count). The number of amides is 2. The zero-order valence-corrected chi connectivity index (χ0v) is 14.0. The van der Waals surface area contributed by atoms with E-state index in [2.05, 4.69) is 10.2 Å². The summed E-state index contributed by atoms with van der Waals surface area (Å²) in [7, 11) is 0. The van der Waals surface area contributed by atoms with E-state index in [1.54, 1.807) is 0 Å². The summed E-state index contributed by atoms with van der Waals surface area (Å²) in [5.74, 6) is 0.194. The molecular weight excluding hydrogens is 290 g/mol. The molecule has 0 spiro atoms. The van der Waals surface area contributed by atoms with Crippen LogP contribution in [0.5, 0.6) is 0 Å². The molecule has 3 saturated heterocycles. The van der Waals surface area contributed by atoms with Crippen molar-refractivity contribution in [3.05, 3.63) is 0 Å². The van der Waals surface area contributed by atoms with E-state index in [1.807, 2.05) is 4.90 Å². The summed E-state index contributed by atoms with van der Waals surface area (Å²) >= 11 is 0. The smallest absolute Gasteiger partial charge is 0.225 e. The third kappa shape index (κ3) is 3.00. The average molecular weight is 319 g/mol. The summed E-state index contributed by atoms with van der Waals surface area (Å²) in [4.78, 5) is 29.5. The number of fused-ring (bicyclic) bond motifs is 1. The van der Waals surface area contributed by atoms with Crippen LogP contribution in [0, 0.1) is 5.92 Å². The van der Waals surface area contributed by atoms with Gasteiger partial charge in [0.2, 0.25) is 11.8 Å². The molecule has 3 unspecified atom stereocenters. The number of likely N-dealkylation sites (tertiary alicyclic amines) is 1. The van der Waals surface area contributed by atoms with Crippen LogP contribution in [-0.4, -0.2) is 59.4 Å². The summed E-state index contributed by atoms with van der Waals surface area (Å²) in [6, 6.07) is 1.25. The Kier molecular flexibility index (Phi) is 4.31. The first kappa shape index (κ1) is 15.4. The molecule has 0 bridgehead atoms. The van der Waals surface area contributed by atoms with Gasteiger partial charge in [0, 0.05) is 37.6 Å². The quantitative estimate of drug-likeness (QED) is 0.858. The van der Waals surface area contributed by atoms with Gasteiger partial charge in [-0.1, -0.05) is 19.3 Å². The third-order valence-electron chi connectivity index (χ3n) is 6.48. The normalized spacial score (nSPS) is 35.7. The number of carbonyl (C=O) groups excluding carboxylic acids is 2. The van der Waals surface area contributed by atoms with Gasteiger partial charge in [-0.05, 0) is 38.6 Å². The van der Waals surface area contributed by atoms with Gasteiger partial charge >= 0.3 is 0 Å². The van der Waals surface area contributed by atoms with Gasteiger partial charge in [-0.2, -0.15) is 0 Å². The highest BCUT2D eigenvalue weighted by molar-refractivity contribution is 5.89. The predicted octanol–water partition coefficient (Wildman–Crippen LogP) is 1.52. The van der Waals surface area contributed by atoms with E-state index in [0.717, 1.165) is 25.8 Å². The first-order valence-corrected chi connectivity index (χ1v) is 9.56. The zero-order chi connectivity index (χ0) is 15.8. The molecular formula is C18H29N3O2. The second kappa shape index (κ2) is 6.42. The van der Waals surface area contributed by atoms with E-state index in [9.17, 15) is 9.59 Å². The molecule has 23 heavy (non-hydrogen) atoms. The summed E-state index contributed by atoms with van der Waals surface area (Å²) in [5.41, 5.74) is 0. The Hall–Kier alpha value is -1.10. The summed E-state index contributed by atoms with van der Waals surface area (Å²) in [6.07, 6.45) is 9.99. The summed E-state index contributed by atoms with van der Waals surface area (Å²) < 4.78 is 0. The summed E-state index contributed by atoms with van der Waals surface area (Å²) in [6.45, 7) is 2.96. The van der Waals surface area contributed by atoms with Gasteiger partial charge in [-0.25, -0.2) is 0 Å². The van der Waals surface area contributed by atoms with Gasteiger partial charge in [0.25, 0.3) is 0 Å². The third-order valence-corrected chi connectivity index (χ3v) is 6.48. The fraction of sp³-hybridized carbons (Fsp3) is 0.889. The van der Waals surface area contributed by atoms with Crippen molar-refractivity contribution in [1.82, 2.24) is 15.1 Å². The highest BCUT2D eigenvalue weighted by atomic mass is 16.2. The van der Waals surface area contributed by atoms with E-state index in [4.69, 9.17) is 0 Å². The van der Waals surface area contributed by atoms with Crippen LogP contribution in [0.3, 0.4) is 0 Å². The van der Waals surface area contributed by atoms with Crippen LogP contribution in [0.1, 0.15) is 57.8 Å². The molecule has 128 valence electrons. The Morgan fingerprint density at radius 3 is 2.61 bits per heavy atom. The zero-order valence-electron chi connectivity index (χ0n) is 14.0. The number of nitrogens with one attached hydrogen (secondary N) is 1. The van der Waals surface area contributed by atoms with Crippen LogP contribution >= 0.6 is 0 Å². The van der Waals surface area contributed by atoms with E-state index >= 15 is 0 Å². The standard InChI is InChI=1S/C18H29N3O2/c22-17-11-13(12-21(17)14-5-1-2-6-14)18(23)19-15-8-10-20-9-4-3-7-16(15)20/h13-16H,1-12H2,(H,19,23). The van der Waals surface area contributed by atoms with E-state index in [-0.39, 0.29) is 17.7 Å². The SMILES string of the molecule is O=C(NC1CCN2CCCCC12)C1CC(=O)N(C2CCCC2)C1. The average Bonchev–Trinajstić information content (AvgIpc) is 3.27. The van der Waals surface area contributed by atoms with Crippen LogP contribution in [0.25, 0.3) is 0 Å². The van der Waals surface area contributed by atoms with Crippen molar-refractivity contribution in [2.75, 3.05) is 19.6 Å². The fourth-order valence-corrected chi connectivity index (χ4v) is 5.19. The molecule has 3 atom stereocenters. The lowest BCUT2D eigenvalue weighted by molar-refractivity contribution is -0.130. The number of carbonyl (C=O) groups is 2. The Morgan fingerprint density at radius 2 is 1.78 bits per heavy atom. The number of piperidine rings is 1. The molecule has 0 aromatic carbocycles. The second-order valence-electron chi connectivity index (χ2n) is 7.89. The topological polar surface area (TPSA) is 52.7 Å². The lowest BCUT2D eigenvalue weighted by Gasteiger charge is -2.33. The first-order chi connectivity index (χ1) is 11.2. The van der Waals surface area contributed by atoms with Crippen LogP contribution < -0.4 is 5.32 Å². The maximum atomic E-state index is 12.7. The molecule has 0 radical (unpaired) electrons. The molecule has 3 heterocycles. The molecule has 1 aliphatic carbocycles. The fourth-order valence-electron chi connectivity index (χ4n) is 5.19. The Labute approximate surface area is 138 Å². The van der Waals surface area contributed by atoms with E-state index in [0.29, 0.717) is 31.1 Å². The van der Waals surface area contributed by atoms with Gasteiger partial charge in [-0.15, -0.1) is 0 Å². The number of hydrogen-bond donors (Lipinski definition) is 1. The molecule has 4 fully saturated rings. The van der Waals surface area contributed by atoms with Crippen LogP contribution in [-0.2, 0) is 9.59 Å². The summed E-state index contributed by atoms with van der Waals surface area (Å²) in [5, 5.41) is 3.29. The maximum absolute atomic E-state index is 12.7. The Balaban J connectivity index is 1.33. The lowest BCUT2D eigenvalue weighted by Crippen LogP contribution is -2.48. The van der Waals surface area contributed by atoms with Gasteiger partial charge < -0.3 is 10.2 Å². The van der Waals surface area contributed by atoms with Gasteiger partial charge in [0.15, 0.2) is 0 Å². The molecule has 1 N–H and O–H groups in total. The number of rotatable bonds is 3. The van der Waals surface area contributed by atoms with E-state index in [1.165, 1.54) is 38.6 Å². The molecule has 0 aromatic rings. The largest absolute Gasteiger partial charge is 0.351 e. The van der Waals surface area contributed by atoms with E-state index < -0.39 is 0 Å². The van der Waals surface area contributed by atoms with Crippen LogP contribution in [0.4, 0.5) is 0 Å². The van der Waals surface area contributed by atoms with Gasteiger partial charge in [-0.3, -0.25) is 14.5 Å². The van der Waals surface area contributed by atoms with Crippen molar-refractivity contribution in [3.8, 4) is 0 Å². The van der Waals surface area contributed by atoms with Crippen molar-refractivity contribution in [2.24, 2.45) is 5.92 Å². The number of nitrogens with zero attached hydrogens (tertiary/aromatic N) is 2. The molecule has 3 aliphatic heterocycles. The minimum atomic E-state index is -0.124. The van der Waals surface area contributed by atoms with Crippen molar-refractivity contribution in [1.29, 1.82) is 0 Å².